The number of hydrogen-bond acceptors (Lipinski definition) is 3. The molecular formula is C22H25N3O2. The number of nitrogens with zero attached hydrogens (tertiary/aromatic N) is 1. The van der Waals surface area contributed by atoms with Crippen LogP contribution in [0.4, 0.5) is 11.4 Å². The molecule has 2 amide bonds. The zero-order valence-electron chi connectivity index (χ0n) is 15.6. The summed E-state index contributed by atoms with van der Waals surface area (Å²) in [5.74, 6) is -0.379. The van der Waals surface area contributed by atoms with Crippen molar-refractivity contribution in [3.63, 3.8) is 0 Å². The van der Waals surface area contributed by atoms with E-state index in [9.17, 15) is 9.59 Å². The molecule has 0 saturated carbocycles. The van der Waals surface area contributed by atoms with E-state index in [-0.39, 0.29) is 30.2 Å². The summed E-state index contributed by atoms with van der Waals surface area (Å²) >= 11 is 0. The SMILES string of the molecule is CC1CC(C(=O)Nc2ccccc2CN2CCc3ccccc32)CC(=O)N1. The second kappa shape index (κ2) is 7.43. The Bertz CT molecular complexity index is 864. The van der Waals surface area contributed by atoms with E-state index in [1.807, 2.05) is 25.1 Å². The van der Waals surface area contributed by atoms with E-state index in [0.717, 1.165) is 30.8 Å². The molecule has 1 saturated heterocycles. The number of benzene rings is 2. The third kappa shape index (κ3) is 3.82. The molecule has 2 heterocycles. The molecule has 2 N–H and O–H groups in total. The normalized spacial score (nSPS) is 21.5. The van der Waals surface area contributed by atoms with Gasteiger partial charge in [-0.2, -0.15) is 0 Å². The molecule has 5 nitrogen and oxygen atoms in total. The molecule has 0 spiro atoms. The van der Waals surface area contributed by atoms with Gasteiger partial charge in [0.05, 0.1) is 0 Å². The summed E-state index contributed by atoms with van der Waals surface area (Å²) < 4.78 is 0. The fraction of sp³-hybridized carbons (Fsp3) is 0.364. The molecule has 2 aliphatic heterocycles. The van der Waals surface area contributed by atoms with E-state index >= 15 is 0 Å². The molecule has 2 aromatic carbocycles. The summed E-state index contributed by atoms with van der Waals surface area (Å²) in [6.07, 6.45) is 2.00. The molecular weight excluding hydrogens is 338 g/mol. The van der Waals surface area contributed by atoms with Gasteiger partial charge in [0.25, 0.3) is 0 Å². The summed E-state index contributed by atoms with van der Waals surface area (Å²) in [5, 5.41) is 5.95. The zero-order valence-corrected chi connectivity index (χ0v) is 15.6. The molecule has 27 heavy (non-hydrogen) atoms. The smallest absolute Gasteiger partial charge is 0.228 e. The van der Waals surface area contributed by atoms with Crippen molar-refractivity contribution < 1.29 is 9.59 Å². The number of carbonyl (C=O) groups excluding carboxylic acids is 2. The molecule has 5 heteroatoms. The number of rotatable bonds is 4. The van der Waals surface area contributed by atoms with Gasteiger partial charge in [-0.3, -0.25) is 9.59 Å². The van der Waals surface area contributed by atoms with Crippen molar-refractivity contribution in [1.29, 1.82) is 0 Å². The standard InChI is InChI=1S/C22H25N3O2/c1-15-12-18(13-21(26)23-15)22(27)24-19-8-4-2-7-17(19)14-25-11-10-16-6-3-5-9-20(16)25/h2-9,15,18H,10-14H2,1H3,(H,23,26)(H,24,27). The number of para-hydroxylation sites is 2. The Balaban J connectivity index is 1.49. The van der Waals surface area contributed by atoms with Crippen molar-refractivity contribution in [3.05, 3.63) is 59.7 Å². The lowest BCUT2D eigenvalue weighted by atomic mass is 9.92. The average molecular weight is 363 g/mol. The van der Waals surface area contributed by atoms with Gasteiger partial charge in [-0.25, -0.2) is 0 Å². The van der Waals surface area contributed by atoms with Crippen LogP contribution in [0.3, 0.4) is 0 Å². The third-order valence-corrected chi connectivity index (χ3v) is 5.47. The van der Waals surface area contributed by atoms with Gasteiger partial charge >= 0.3 is 0 Å². The van der Waals surface area contributed by atoms with Gasteiger partial charge in [-0.1, -0.05) is 36.4 Å². The Labute approximate surface area is 159 Å². The van der Waals surface area contributed by atoms with E-state index in [1.165, 1.54) is 11.3 Å². The molecule has 4 rings (SSSR count). The highest BCUT2D eigenvalue weighted by molar-refractivity contribution is 5.96. The average Bonchev–Trinajstić information content (AvgIpc) is 3.05. The summed E-state index contributed by atoms with van der Waals surface area (Å²) in [5.41, 5.74) is 4.58. The van der Waals surface area contributed by atoms with Gasteiger partial charge in [0.2, 0.25) is 11.8 Å². The van der Waals surface area contributed by atoms with Gasteiger partial charge in [0, 0.05) is 42.8 Å². The van der Waals surface area contributed by atoms with Crippen molar-refractivity contribution in [2.75, 3.05) is 16.8 Å². The highest BCUT2D eigenvalue weighted by Gasteiger charge is 2.29. The highest BCUT2D eigenvalue weighted by Crippen LogP contribution is 2.30. The number of fused-ring (bicyclic) bond motifs is 1. The molecule has 0 aliphatic carbocycles. The Morgan fingerprint density at radius 1 is 1.19 bits per heavy atom. The van der Waals surface area contributed by atoms with Crippen molar-refractivity contribution in [2.45, 2.75) is 38.8 Å². The molecule has 140 valence electrons. The van der Waals surface area contributed by atoms with Gasteiger partial charge in [0.1, 0.15) is 0 Å². The van der Waals surface area contributed by atoms with E-state index in [0.29, 0.717) is 6.42 Å². The minimum atomic E-state index is -0.269. The van der Waals surface area contributed by atoms with Crippen LogP contribution in [0.1, 0.15) is 30.9 Å². The number of anilines is 2. The molecule has 2 unspecified atom stereocenters. The van der Waals surface area contributed by atoms with Crippen LogP contribution in [0.15, 0.2) is 48.5 Å². The van der Waals surface area contributed by atoms with E-state index in [2.05, 4.69) is 45.9 Å². The van der Waals surface area contributed by atoms with Gasteiger partial charge in [-0.05, 0) is 43.0 Å². The number of nitrogens with one attached hydrogen (secondary N) is 2. The Hall–Kier alpha value is -2.82. The van der Waals surface area contributed by atoms with Crippen LogP contribution in [0.5, 0.6) is 0 Å². The quantitative estimate of drug-likeness (QED) is 0.877. The highest BCUT2D eigenvalue weighted by atomic mass is 16.2. The molecule has 1 fully saturated rings. The lowest BCUT2D eigenvalue weighted by molar-refractivity contribution is -0.130. The summed E-state index contributed by atoms with van der Waals surface area (Å²) in [6.45, 7) is 3.69. The van der Waals surface area contributed by atoms with E-state index < -0.39 is 0 Å². The van der Waals surface area contributed by atoms with Gasteiger partial charge in [0.15, 0.2) is 0 Å². The Morgan fingerprint density at radius 2 is 1.96 bits per heavy atom. The van der Waals surface area contributed by atoms with Crippen molar-refractivity contribution >= 4 is 23.2 Å². The lowest BCUT2D eigenvalue weighted by Gasteiger charge is -2.27. The predicted molar refractivity (Wildman–Crippen MR) is 107 cm³/mol. The second-order valence-electron chi connectivity index (χ2n) is 7.55. The lowest BCUT2D eigenvalue weighted by Crippen LogP contribution is -2.44. The molecule has 2 aromatic rings. The Kier molecular flexibility index (Phi) is 4.84. The van der Waals surface area contributed by atoms with E-state index in [1.54, 1.807) is 0 Å². The molecule has 0 aromatic heterocycles. The number of hydrogen-bond donors (Lipinski definition) is 2. The van der Waals surface area contributed by atoms with Crippen LogP contribution in [-0.2, 0) is 22.6 Å². The van der Waals surface area contributed by atoms with E-state index in [4.69, 9.17) is 0 Å². The molecule has 0 radical (unpaired) electrons. The van der Waals surface area contributed by atoms with Gasteiger partial charge in [-0.15, -0.1) is 0 Å². The zero-order chi connectivity index (χ0) is 18.8. The summed E-state index contributed by atoms with van der Waals surface area (Å²) in [7, 11) is 0. The summed E-state index contributed by atoms with van der Waals surface area (Å²) in [6, 6.07) is 16.5. The second-order valence-corrected chi connectivity index (χ2v) is 7.55. The number of piperidine rings is 1. The van der Waals surface area contributed by atoms with Crippen molar-refractivity contribution in [3.8, 4) is 0 Å². The monoisotopic (exact) mass is 363 g/mol. The van der Waals surface area contributed by atoms with Crippen LogP contribution < -0.4 is 15.5 Å². The van der Waals surface area contributed by atoms with Crippen LogP contribution in [0.25, 0.3) is 0 Å². The minimum Gasteiger partial charge on any atom is -0.367 e. The first kappa shape index (κ1) is 17.6. The largest absolute Gasteiger partial charge is 0.367 e. The third-order valence-electron chi connectivity index (χ3n) is 5.47. The fourth-order valence-corrected chi connectivity index (χ4v) is 4.12. The maximum absolute atomic E-state index is 12.7. The maximum atomic E-state index is 12.7. The van der Waals surface area contributed by atoms with Crippen molar-refractivity contribution in [1.82, 2.24) is 5.32 Å². The van der Waals surface area contributed by atoms with Crippen LogP contribution in [0, 0.1) is 5.92 Å². The van der Waals surface area contributed by atoms with Crippen molar-refractivity contribution in [2.24, 2.45) is 5.92 Å². The van der Waals surface area contributed by atoms with Crippen LogP contribution in [-0.4, -0.2) is 24.4 Å². The molecule has 2 atom stereocenters. The first-order chi connectivity index (χ1) is 13.1. The minimum absolute atomic E-state index is 0.0401. The number of amides is 2. The fourth-order valence-electron chi connectivity index (χ4n) is 4.12. The summed E-state index contributed by atoms with van der Waals surface area (Å²) in [4.78, 5) is 26.9. The molecule has 0 bridgehead atoms. The van der Waals surface area contributed by atoms with Crippen LogP contribution in [0.2, 0.25) is 0 Å². The number of carbonyl (C=O) groups is 2. The first-order valence-electron chi connectivity index (χ1n) is 9.61. The van der Waals surface area contributed by atoms with Crippen LogP contribution >= 0.6 is 0 Å². The topological polar surface area (TPSA) is 61.4 Å². The predicted octanol–water partition coefficient (Wildman–Crippen LogP) is 3.10. The molecule has 2 aliphatic rings. The first-order valence-corrected chi connectivity index (χ1v) is 9.61. The Morgan fingerprint density at radius 3 is 2.81 bits per heavy atom. The maximum Gasteiger partial charge on any atom is 0.228 e. The van der Waals surface area contributed by atoms with Gasteiger partial charge < -0.3 is 15.5 Å².